The fraction of sp³-hybridized carbons (Fsp3) is 0.387. The molecule has 0 aromatic heterocycles. The van der Waals surface area contributed by atoms with E-state index in [0.717, 1.165) is 53.3 Å². The Morgan fingerprint density at radius 3 is 2.11 bits per heavy atom. The van der Waals surface area contributed by atoms with Crippen molar-refractivity contribution in [2.75, 3.05) is 23.3 Å². The van der Waals surface area contributed by atoms with Crippen molar-refractivity contribution in [3.05, 3.63) is 89.0 Å². The van der Waals surface area contributed by atoms with Crippen molar-refractivity contribution in [3.8, 4) is 5.75 Å². The molecule has 2 atom stereocenters. The maximum Gasteiger partial charge on any atom is 0.412 e. The molecule has 3 aromatic rings. The van der Waals surface area contributed by atoms with Gasteiger partial charge in [0.1, 0.15) is 18.5 Å². The first kappa shape index (κ1) is 27.1. The van der Waals surface area contributed by atoms with Gasteiger partial charge in [-0.25, -0.2) is 4.79 Å². The molecule has 0 bridgehead atoms. The number of hydrogen-bond acceptors (Lipinski definition) is 4. The van der Waals surface area contributed by atoms with Gasteiger partial charge in [0.05, 0.1) is 0 Å². The van der Waals surface area contributed by atoms with Crippen molar-refractivity contribution in [1.29, 1.82) is 0 Å². The second kappa shape index (κ2) is 13.0. The highest BCUT2D eigenvalue weighted by Crippen LogP contribution is 2.25. The Balaban J connectivity index is 1.51. The Bertz CT molecular complexity index is 1110. The molecule has 0 spiro atoms. The Kier molecular flexibility index (Phi) is 9.80. The summed E-state index contributed by atoms with van der Waals surface area (Å²) < 4.78 is 11.6. The molecule has 5 nitrogen and oxygen atoms in total. The second-order valence-corrected chi connectivity index (χ2v) is 9.25. The van der Waals surface area contributed by atoms with E-state index in [-0.39, 0.29) is 6.10 Å². The van der Waals surface area contributed by atoms with Crippen LogP contribution in [0.4, 0.5) is 16.2 Å². The van der Waals surface area contributed by atoms with Crippen molar-refractivity contribution in [1.82, 2.24) is 0 Å². The lowest BCUT2D eigenvalue weighted by molar-refractivity contribution is 0.121. The summed E-state index contributed by atoms with van der Waals surface area (Å²) in [6.45, 7) is 15.0. The quantitative estimate of drug-likeness (QED) is 0.295. The van der Waals surface area contributed by atoms with Gasteiger partial charge in [0.2, 0.25) is 0 Å². The van der Waals surface area contributed by atoms with Gasteiger partial charge in [0, 0.05) is 24.5 Å². The van der Waals surface area contributed by atoms with Gasteiger partial charge in [0.15, 0.2) is 0 Å². The highest BCUT2D eigenvalue weighted by molar-refractivity contribution is 5.86. The smallest absolute Gasteiger partial charge is 0.412 e. The van der Waals surface area contributed by atoms with E-state index in [4.69, 9.17) is 9.47 Å². The third-order valence-corrected chi connectivity index (χ3v) is 6.78. The van der Waals surface area contributed by atoms with Crippen LogP contribution in [0.1, 0.15) is 75.3 Å². The van der Waals surface area contributed by atoms with Crippen LogP contribution >= 0.6 is 0 Å². The summed E-state index contributed by atoms with van der Waals surface area (Å²) in [5, 5.41) is 2.87. The van der Waals surface area contributed by atoms with Gasteiger partial charge in [-0.15, -0.1) is 0 Å². The molecule has 1 N–H and O–H groups in total. The van der Waals surface area contributed by atoms with Gasteiger partial charge in [0.25, 0.3) is 0 Å². The number of rotatable bonds is 11. The highest BCUT2D eigenvalue weighted by Gasteiger charge is 2.14. The van der Waals surface area contributed by atoms with Crippen LogP contribution in [0.2, 0.25) is 0 Å². The number of amides is 1. The molecule has 2 unspecified atom stereocenters. The molecule has 3 rings (SSSR count). The SMILES string of the molecule is CCC(C)c1ccc(COc2ccc(C(C)OC(=O)Nc3ccc(N(CC)CC)cc3C)cc2)cc1. The summed E-state index contributed by atoms with van der Waals surface area (Å²) in [5.41, 5.74) is 6.30. The molecule has 192 valence electrons. The van der Waals surface area contributed by atoms with Gasteiger partial charge in [-0.3, -0.25) is 5.32 Å². The van der Waals surface area contributed by atoms with Crippen LogP contribution in [0.25, 0.3) is 0 Å². The van der Waals surface area contributed by atoms with Crippen molar-refractivity contribution in [3.63, 3.8) is 0 Å². The first-order chi connectivity index (χ1) is 17.3. The van der Waals surface area contributed by atoms with Crippen LogP contribution in [0.3, 0.4) is 0 Å². The van der Waals surface area contributed by atoms with E-state index in [9.17, 15) is 4.79 Å². The number of nitrogens with one attached hydrogen (secondary N) is 1. The van der Waals surface area contributed by atoms with Crippen LogP contribution in [0.15, 0.2) is 66.7 Å². The molecule has 0 aliphatic rings. The molecular formula is C31H40N2O3. The standard InChI is InChI=1S/C31H40N2O3/c1-7-22(4)26-12-10-25(11-13-26)21-35-29-17-14-27(15-18-29)24(6)36-31(34)32-30-19-16-28(20-23(30)5)33(8-2)9-3/h10-20,22,24H,7-9,21H2,1-6H3,(H,32,34). The van der Waals surface area contributed by atoms with Gasteiger partial charge in [-0.05, 0) is 92.6 Å². The number of hydrogen-bond donors (Lipinski definition) is 1. The fourth-order valence-corrected chi connectivity index (χ4v) is 4.12. The zero-order chi connectivity index (χ0) is 26.1. The lowest BCUT2D eigenvalue weighted by Crippen LogP contribution is -2.22. The molecule has 0 aliphatic carbocycles. The van der Waals surface area contributed by atoms with E-state index in [1.54, 1.807) is 0 Å². The van der Waals surface area contributed by atoms with E-state index in [0.29, 0.717) is 12.5 Å². The van der Waals surface area contributed by atoms with Crippen molar-refractivity contribution < 1.29 is 14.3 Å². The lowest BCUT2D eigenvalue weighted by Gasteiger charge is -2.22. The Morgan fingerprint density at radius 2 is 1.53 bits per heavy atom. The maximum atomic E-state index is 12.5. The molecular weight excluding hydrogens is 448 g/mol. The summed E-state index contributed by atoms with van der Waals surface area (Å²) in [4.78, 5) is 14.8. The first-order valence-corrected chi connectivity index (χ1v) is 13.0. The van der Waals surface area contributed by atoms with Crippen LogP contribution in [-0.2, 0) is 11.3 Å². The average molecular weight is 489 g/mol. The monoisotopic (exact) mass is 488 g/mol. The summed E-state index contributed by atoms with van der Waals surface area (Å²) in [5.74, 6) is 1.35. The summed E-state index contributed by atoms with van der Waals surface area (Å²) in [6, 6.07) is 22.4. The topological polar surface area (TPSA) is 50.8 Å². The van der Waals surface area contributed by atoms with Crippen molar-refractivity contribution in [2.24, 2.45) is 0 Å². The van der Waals surface area contributed by atoms with Crippen LogP contribution in [0, 0.1) is 6.92 Å². The van der Waals surface area contributed by atoms with Crippen LogP contribution in [-0.4, -0.2) is 19.2 Å². The minimum Gasteiger partial charge on any atom is -0.489 e. The Morgan fingerprint density at radius 1 is 0.889 bits per heavy atom. The molecule has 0 radical (unpaired) electrons. The number of aryl methyl sites for hydroxylation is 1. The van der Waals surface area contributed by atoms with Gasteiger partial charge >= 0.3 is 6.09 Å². The third kappa shape index (κ3) is 7.27. The summed E-state index contributed by atoms with van der Waals surface area (Å²) >= 11 is 0. The fourth-order valence-electron chi connectivity index (χ4n) is 4.12. The minimum absolute atomic E-state index is 0.387. The number of benzene rings is 3. The van der Waals surface area contributed by atoms with E-state index in [1.165, 1.54) is 5.56 Å². The molecule has 0 fully saturated rings. The zero-order valence-electron chi connectivity index (χ0n) is 22.5. The van der Waals surface area contributed by atoms with E-state index < -0.39 is 6.09 Å². The zero-order valence-corrected chi connectivity index (χ0v) is 22.5. The average Bonchev–Trinajstić information content (AvgIpc) is 2.89. The first-order valence-electron chi connectivity index (χ1n) is 13.0. The lowest BCUT2D eigenvalue weighted by atomic mass is 9.98. The number of anilines is 2. The summed E-state index contributed by atoms with van der Waals surface area (Å²) in [7, 11) is 0. The Labute approximate surface area is 216 Å². The molecule has 36 heavy (non-hydrogen) atoms. The normalized spacial score (nSPS) is 12.5. The molecule has 3 aromatic carbocycles. The maximum absolute atomic E-state index is 12.5. The summed E-state index contributed by atoms with van der Waals surface area (Å²) in [6.07, 6.45) is 0.278. The molecule has 0 aliphatic heterocycles. The number of ether oxygens (including phenoxy) is 2. The molecule has 0 saturated carbocycles. The predicted octanol–water partition coefficient (Wildman–Crippen LogP) is 8.24. The highest BCUT2D eigenvalue weighted by atomic mass is 16.6. The molecule has 0 saturated heterocycles. The van der Waals surface area contributed by atoms with Crippen molar-refractivity contribution >= 4 is 17.5 Å². The number of carbonyl (C=O) groups is 1. The van der Waals surface area contributed by atoms with Crippen LogP contribution < -0.4 is 15.0 Å². The van der Waals surface area contributed by atoms with E-state index in [1.807, 2.05) is 50.2 Å². The largest absolute Gasteiger partial charge is 0.489 e. The van der Waals surface area contributed by atoms with E-state index in [2.05, 4.69) is 68.2 Å². The van der Waals surface area contributed by atoms with E-state index >= 15 is 0 Å². The molecule has 0 heterocycles. The molecule has 1 amide bonds. The number of carbonyl (C=O) groups excluding carboxylic acids is 1. The predicted molar refractivity (Wildman–Crippen MR) is 149 cm³/mol. The van der Waals surface area contributed by atoms with Crippen molar-refractivity contribution in [2.45, 2.75) is 66.6 Å². The van der Waals surface area contributed by atoms with Gasteiger partial charge in [-0.2, -0.15) is 0 Å². The van der Waals surface area contributed by atoms with Crippen LogP contribution in [0.5, 0.6) is 5.75 Å². The third-order valence-electron chi connectivity index (χ3n) is 6.78. The van der Waals surface area contributed by atoms with Gasteiger partial charge in [-0.1, -0.05) is 50.2 Å². The second-order valence-electron chi connectivity index (χ2n) is 9.25. The Hall–Kier alpha value is -3.47. The van der Waals surface area contributed by atoms with Gasteiger partial charge < -0.3 is 14.4 Å². The number of nitrogens with zero attached hydrogens (tertiary/aromatic N) is 1. The molecule has 5 heteroatoms. The minimum atomic E-state index is -0.470.